The second-order valence-corrected chi connectivity index (χ2v) is 9.93. The van der Waals surface area contributed by atoms with Gasteiger partial charge in [0.1, 0.15) is 6.04 Å². The van der Waals surface area contributed by atoms with Gasteiger partial charge >= 0.3 is 0 Å². The summed E-state index contributed by atoms with van der Waals surface area (Å²) in [4.78, 5) is 27.2. The van der Waals surface area contributed by atoms with Gasteiger partial charge in [-0.2, -0.15) is 5.26 Å². The molecule has 1 aliphatic heterocycles. The number of benzene rings is 2. The lowest BCUT2D eigenvalue weighted by atomic mass is 10.1. The highest BCUT2D eigenvalue weighted by Gasteiger charge is 2.35. The minimum atomic E-state index is -3.58. The van der Waals surface area contributed by atoms with Gasteiger partial charge in [0.15, 0.2) is 0 Å². The van der Waals surface area contributed by atoms with Crippen molar-refractivity contribution in [3.8, 4) is 6.07 Å². The fraction of sp³-hybridized carbons (Fsp3) is 0.250. The average molecular weight is 445 g/mol. The van der Waals surface area contributed by atoms with E-state index in [4.69, 9.17) is 5.26 Å². The Morgan fingerprint density at radius 3 is 2.33 bits per heavy atom. The zero-order chi connectivity index (χ0) is 21.9. The number of rotatable bonds is 5. The summed E-state index contributed by atoms with van der Waals surface area (Å²) in [7, 11) is -0.707. The summed E-state index contributed by atoms with van der Waals surface area (Å²) >= 11 is 1.47. The van der Waals surface area contributed by atoms with Crippen molar-refractivity contribution in [3.63, 3.8) is 0 Å². The van der Waals surface area contributed by atoms with Crippen LogP contribution in [0.1, 0.15) is 15.9 Å². The molecular weight excluding hydrogens is 424 g/mol. The largest absolute Gasteiger partial charge is 0.324 e. The maximum Gasteiger partial charge on any atom is 0.255 e. The van der Waals surface area contributed by atoms with E-state index < -0.39 is 16.1 Å². The Balaban J connectivity index is 1.73. The lowest BCUT2D eigenvalue weighted by Crippen LogP contribution is -2.44. The first-order valence-corrected chi connectivity index (χ1v) is 11.6. The number of thioether (sulfide) groups is 1. The van der Waals surface area contributed by atoms with Crippen LogP contribution < -0.4 is 5.32 Å². The molecule has 1 atom stereocenters. The molecule has 0 bridgehead atoms. The number of nitrogens with one attached hydrogen (secondary N) is 1. The molecule has 1 aliphatic rings. The molecule has 2 aromatic rings. The zero-order valence-corrected chi connectivity index (χ0v) is 18.0. The van der Waals surface area contributed by atoms with Crippen LogP contribution in [-0.4, -0.2) is 61.2 Å². The molecule has 2 aromatic carbocycles. The molecule has 156 valence electrons. The molecule has 1 saturated heterocycles. The Morgan fingerprint density at radius 1 is 1.13 bits per heavy atom. The summed E-state index contributed by atoms with van der Waals surface area (Å²) in [6, 6.07) is 13.5. The Morgan fingerprint density at radius 2 is 1.77 bits per heavy atom. The third-order valence-electron chi connectivity index (χ3n) is 4.61. The summed E-state index contributed by atoms with van der Waals surface area (Å²) in [5.41, 5.74) is 1.34. The average Bonchev–Trinajstić information content (AvgIpc) is 3.24. The molecule has 1 N–H and O–H groups in total. The van der Waals surface area contributed by atoms with Gasteiger partial charge in [-0.1, -0.05) is 0 Å². The van der Waals surface area contributed by atoms with Crippen LogP contribution in [0.5, 0.6) is 0 Å². The number of nitrogens with zero attached hydrogens (tertiary/aromatic N) is 3. The molecule has 8 nitrogen and oxygen atoms in total. The van der Waals surface area contributed by atoms with Crippen molar-refractivity contribution in [2.24, 2.45) is 0 Å². The first-order chi connectivity index (χ1) is 14.2. The minimum Gasteiger partial charge on any atom is -0.324 e. The number of carbonyl (C=O) groups is 2. The smallest absolute Gasteiger partial charge is 0.255 e. The quantitative estimate of drug-likeness (QED) is 0.755. The molecule has 30 heavy (non-hydrogen) atoms. The van der Waals surface area contributed by atoms with Gasteiger partial charge in [0.05, 0.1) is 22.4 Å². The SMILES string of the molecule is CN(C)S(=O)(=O)c1ccc(C(=O)N2CSCC2C(=O)Nc2ccc(C#N)cc2)cc1. The zero-order valence-electron chi connectivity index (χ0n) is 16.4. The predicted octanol–water partition coefficient (Wildman–Crippen LogP) is 1.96. The predicted molar refractivity (Wildman–Crippen MR) is 114 cm³/mol. The summed E-state index contributed by atoms with van der Waals surface area (Å²) in [6.45, 7) is 0. The van der Waals surface area contributed by atoms with Crippen LogP contribution in [0.2, 0.25) is 0 Å². The molecule has 1 fully saturated rings. The summed E-state index contributed by atoms with van der Waals surface area (Å²) < 4.78 is 25.5. The summed E-state index contributed by atoms with van der Waals surface area (Å²) in [5, 5.41) is 11.6. The van der Waals surface area contributed by atoms with Crippen LogP contribution >= 0.6 is 11.8 Å². The molecule has 10 heteroatoms. The van der Waals surface area contributed by atoms with Crippen molar-refractivity contribution in [1.29, 1.82) is 5.26 Å². The van der Waals surface area contributed by atoms with Gasteiger partial charge in [0, 0.05) is 31.1 Å². The van der Waals surface area contributed by atoms with E-state index in [0.29, 0.717) is 28.4 Å². The van der Waals surface area contributed by atoms with E-state index in [2.05, 4.69) is 5.32 Å². The van der Waals surface area contributed by atoms with E-state index in [1.54, 1.807) is 24.3 Å². The second-order valence-electron chi connectivity index (χ2n) is 6.78. The van der Waals surface area contributed by atoms with E-state index in [-0.39, 0.29) is 16.7 Å². The Kier molecular flexibility index (Phi) is 6.45. The standard InChI is InChI=1S/C20H20N4O4S2/c1-23(2)30(27,28)17-9-5-15(6-10-17)20(26)24-13-29-12-18(24)19(25)22-16-7-3-14(11-21)4-8-16/h3-10,18H,12-13H2,1-2H3,(H,22,25). The van der Waals surface area contributed by atoms with Gasteiger partial charge in [0.2, 0.25) is 15.9 Å². The highest BCUT2D eigenvalue weighted by Crippen LogP contribution is 2.25. The maximum atomic E-state index is 12.9. The fourth-order valence-electron chi connectivity index (χ4n) is 2.86. The Labute approximate surface area is 179 Å². The third kappa shape index (κ3) is 4.48. The van der Waals surface area contributed by atoms with E-state index in [9.17, 15) is 18.0 Å². The molecule has 0 spiro atoms. The monoisotopic (exact) mass is 444 g/mol. The lowest BCUT2D eigenvalue weighted by Gasteiger charge is -2.23. The first-order valence-electron chi connectivity index (χ1n) is 8.96. The maximum absolute atomic E-state index is 12.9. The number of carbonyl (C=O) groups excluding carboxylic acids is 2. The van der Waals surface area contributed by atoms with Crippen LogP contribution in [0, 0.1) is 11.3 Å². The van der Waals surface area contributed by atoms with E-state index >= 15 is 0 Å². The van der Waals surface area contributed by atoms with Crippen molar-refractivity contribution in [2.45, 2.75) is 10.9 Å². The molecule has 0 radical (unpaired) electrons. The molecular formula is C20H20N4O4S2. The highest BCUT2D eigenvalue weighted by molar-refractivity contribution is 7.99. The van der Waals surface area contributed by atoms with Crippen LogP contribution in [-0.2, 0) is 14.8 Å². The molecule has 0 saturated carbocycles. The van der Waals surface area contributed by atoms with E-state index in [1.165, 1.54) is 55.0 Å². The van der Waals surface area contributed by atoms with Gasteiger partial charge < -0.3 is 10.2 Å². The minimum absolute atomic E-state index is 0.0926. The number of nitriles is 1. The summed E-state index contributed by atoms with van der Waals surface area (Å²) in [6.07, 6.45) is 0. The number of anilines is 1. The van der Waals surface area contributed by atoms with Gasteiger partial charge in [-0.15, -0.1) is 11.8 Å². The Bertz CT molecular complexity index is 1090. The van der Waals surface area contributed by atoms with Crippen molar-refractivity contribution in [3.05, 3.63) is 59.7 Å². The fourth-order valence-corrected chi connectivity index (χ4v) is 4.92. The molecule has 0 aromatic heterocycles. The highest BCUT2D eigenvalue weighted by atomic mass is 32.2. The summed E-state index contributed by atoms with van der Waals surface area (Å²) in [5.74, 6) is 0.168. The second kappa shape index (κ2) is 8.87. The molecule has 1 heterocycles. The molecule has 0 aliphatic carbocycles. The van der Waals surface area contributed by atoms with Crippen molar-refractivity contribution < 1.29 is 18.0 Å². The Hall–Kier alpha value is -2.87. The van der Waals surface area contributed by atoms with Crippen molar-refractivity contribution >= 4 is 39.3 Å². The molecule has 2 amide bonds. The number of hydrogen-bond donors (Lipinski definition) is 1. The molecule has 3 rings (SSSR count). The normalized spacial score (nSPS) is 16.3. The van der Waals surface area contributed by atoms with E-state index in [1.807, 2.05) is 6.07 Å². The van der Waals surface area contributed by atoms with Gasteiger partial charge in [-0.05, 0) is 48.5 Å². The van der Waals surface area contributed by atoms with Crippen LogP contribution in [0.4, 0.5) is 5.69 Å². The van der Waals surface area contributed by atoms with Gasteiger partial charge in [-0.3, -0.25) is 9.59 Å². The first kappa shape index (κ1) is 21.8. The van der Waals surface area contributed by atoms with Gasteiger partial charge in [-0.25, -0.2) is 12.7 Å². The van der Waals surface area contributed by atoms with Gasteiger partial charge in [0.25, 0.3) is 5.91 Å². The topological polar surface area (TPSA) is 111 Å². The van der Waals surface area contributed by atoms with Crippen LogP contribution in [0.25, 0.3) is 0 Å². The number of hydrogen-bond acceptors (Lipinski definition) is 6. The number of sulfonamides is 1. The number of amides is 2. The van der Waals surface area contributed by atoms with Crippen molar-refractivity contribution in [2.75, 3.05) is 31.0 Å². The molecule has 1 unspecified atom stereocenters. The lowest BCUT2D eigenvalue weighted by molar-refractivity contribution is -0.119. The van der Waals surface area contributed by atoms with Crippen LogP contribution in [0.3, 0.4) is 0 Å². The third-order valence-corrected chi connectivity index (χ3v) is 7.45. The van der Waals surface area contributed by atoms with Crippen molar-refractivity contribution in [1.82, 2.24) is 9.21 Å². The van der Waals surface area contributed by atoms with E-state index in [0.717, 1.165) is 4.31 Å². The van der Waals surface area contributed by atoms with Crippen LogP contribution in [0.15, 0.2) is 53.4 Å².